The lowest BCUT2D eigenvalue weighted by Gasteiger charge is -2.14. The van der Waals surface area contributed by atoms with Gasteiger partial charge in [-0.1, -0.05) is 29.6 Å². The first-order valence-electron chi connectivity index (χ1n) is 3.82. The summed E-state index contributed by atoms with van der Waals surface area (Å²) in [7, 11) is 0. The highest BCUT2D eigenvalue weighted by Gasteiger charge is 2.24. The lowest BCUT2D eigenvalue weighted by molar-refractivity contribution is 0.468. The van der Waals surface area contributed by atoms with Gasteiger partial charge in [-0.05, 0) is 12.1 Å². The molecular weight excluding hydrogens is 213 g/mol. The summed E-state index contributed by atoms with van der Waals surface area (Å²) in [6.45, 7) is -4.88. The van der Waals surface area contributed by atoms with Gasteiger partial charge < -0.3 is 12.9 Å². The van der Waals surface area contributed by atoms with Crippen molar-refractivity contribution in [1.29, 1.82) is 5.26 Å². The van der Waals surface area contributed by atoms with Gasteiger partial charge in [-0.15, -0.1) is 0 Å². The van der Waals surface area contributed by atoms with E-state index >= 15 is 0 Å². The Hall–Kier alpha value is -1.15. The summed E-state index contributed by atoms with van der Waals surface area (Å²) in [6, 6.07) is 5.59. The van der Waals surface area contributed by atoms with Crippen molar-refractivity contribution in [1.82, 2.24) is 0 Å². The number of rotatable bonds is 2. The third-order valence-corrected chi connectivity index (χ3v) is 1.99. The van der Waals surface area contributed by atoms with Crippen molar-refractivity contribution in [3.63, 3.8) is 0 Å². The molecule has 0 saturated carbocycles. The molecule has 0 aliphatic rings. The Labute approximate surface area is 84.2 Å². The topological polar surface area (TPSA) is 23.8 Å². The first-order valence-corrected chi connectivity index (χ1v) is 4.20. The Balaban J connectivity index is 2.97. The molecule has 1 aromatic rings. The van der Waals surface area contributed by atoms with E-state index in [1.165, 1.54) is 18.2 Å². The standard InChI is InChI=1S/C8H5BClF3N/c10-8-3-6(5-14)1-2-7(8)4-9(11,12)13/h1-3H,4H2/q-1. The van der Waals surface area contributed by atoms with Gasteiger partial charge in [0.15, 0.2) is 0 Å². The smallest absolute Gasteiger partial charge is 0.449 e. The van der Waals surface area contributed by atoms with Crippen LogP contribution in [0.2, 0.25) is 5.02 Å². The van der Waals surface area contributed by atoms with Gasteiger partial charge in [-0.25, -0.2) is 0 Å². The Morgan fingerprint density at radius 1 is 1.36 bits per heavy atom. The minimum atomic E-state index is -4.88. The lowest BCUT2D eigenvalue weighted by atomic mass is 9.82. The van der Waals surface area contributed by atoms with Crippen molar-refractivity contribution in [2.24, 2.45) is 0 Å². The van der Waals surface area contributed by atoms with Gasteiger partial charge in [0.05, 0.1) is 11.6 Å². The Kier molecular flexibility index (Phi) is 3.07. The van der Waals surface area contributed by atoms with Gasteiger partial charge in [0.1, 0.15) is 0 Å². The van der Waals surface area contributed by atoms with E-state index in [0.717, 1.165) is 0 Å². The van der Waals surface area contributed by atoms with E-state index in [0.29, 0.717) is 0 Å². The van der Waals surface area contributed by atoms with Crippen LogP contribution in [0.1, 0.15) is 11.1 Å². The predicted octanol–water partition coefficient (Wildman–Crippen LogP) is 3.14. The normalized spacial score (nSPS) is 11.1. The SMILES string of the molecule is N#Cc1ccc(C[B-](F)(F)F)c(Cl)c1. The summed E-state index contributed by atoms with van der Waals surface area (Å²) in [5.41, 5.74) is 0.270. The van der Waals surface area contributed by atoms with E-state index in [-0.39, 0.29) is 16.1 Å². The molecule has 0 radical (unpaired) electrons. The van der Waals surface area contributed by atoms with Crippen molar-refractivity contribution in [3.05, 3.63) is 34.3 Å². The molecule has 0 bridgehead atoms. The zero-order valence-electron chi connectivity index (χ0n) is 6.98. The molecule has 0 saturated heterocycles. The fraction of sp³-hybridized carbons (Fsp3) is 0.125. The molecule has 74 valence electrons. The van der Waals surface area contributed by atoms with Crippen molar-refractivity contribution in [3.8, 4) is 6.07 Å². The fourth-order valence-electron chi connectivity index (χ4n) is 1.03. The summed E-state index contributed by atoms with van der Waals surface area (Å²) < 4.78 is 36.1. The highest BCUT2D eigenvalue weighted by atomic mass is 35.5. The lowest BCUT2D eigenvalue weighted by Crippen LogP contribution is -2.19. The highest BCUT2D eigenvalue weighted by Crippen LogP contribution is 2.23. The van der Waals surface area contributed by atoms with E-state index in [9.17, 15) is 12.9 Å². The van der Waals surface area contributed by atoms with E-state index in [2.05, 4.69) is 0 Å². The molecule has 0 N–H and O–H groups in total. The van der Waals surface area contributed by atoms with Crippen LogP contribution in [0.25, 0.3) is 0 Å². The predicted molar refractivity (Wildman–Crippen MR) is 48.9 cm³/mol. The summed E-state index contributed by atoms with van der Waals surface area (Å²) >= 11 is 5.57. The average molecular weight is 218 g/mol. The summed E-state index contributed by atoms with van der Waals surface area (Å²) in [4.78, 5) is 0. The molecule has 0 aromatic heterocycles. The van der Waals surface area contributed by atoms with Crippen molar-refractivity contribution >= 4 is 18.6 Å². The second-order valence-electron chi connectivity index (χ2n) is 2.83. The van der Waals surface area contributed by atoms with Crippen LogP contribution in [-0.4, -0.2) is 6.98 Å². The molecule has 1 rings (SSSR count). The van der Waals surface area contributed by atoms with Crippen molar-refractivity contribution in [2.75, 3.05) is 0 Å². The van der Waals surface area contributed by atoms with E-state index < -0.39 is 13.3 Å². The molecule has 0 fully saturated rings. The molecule has 1 aromatic carbocycles. The molecule has 0 aliphatic heterocycles. The van der Waals surface area contributed by atoms with Crippen LogP contribution in [0.5, 0.6) is 0 Å². The molecule has 0 amide bonds. The molecule has 14 heavy (non-hydrogen) atoms. The summed E-state index contributed by atoms with van der Waals surface area (Å²) in [6.07, 6.45) is -1.01. The van der Waals surface area contributed by atoms with Crippen LogP contribution in [0.4, 0.5) is 12.9 Å². The van der Waals surface area contributed by atoms with Crippen LogP contribution >= 0.6 is 11.6 Å². The Morgan fingerprint density at radius 2 is 2.00 bits per heavy atom. The first-order chi connectivity index (χ1) is 6.42. The summed E-state index contributed by atoms with van der Waals surface area (Å²) in [5, 5.41) is 8.45. The molecule has 6 heteroatoms. The Bertz CT molecular complexity index is 383. The third kappa shape index (κ3) is 2.97. The summed E-state index contributed by atoms with van der Waals surface area (Å²) in [5.74, 6) is 0. The number of benzene rings is 1. The number of hydrogen-bond donors (Lipinski definition) is 0. The van der Waals surface area contributed by atoms with Crippen LogP contribution in [0.15, 0.2) is 18.2 Å². The monoisotopic (exact) mass is 218 g/mol. The molecule has 0 unspecified atom stereocenters. The second-order valence-corrected chi connectivity index (χ2v) is 3.24. The van der Waals surface area contributed by atoms with Crippen molar-refractivity contribution < 1.29 is 12.9 Å². The minimum Gasteiger partial charge on any atom is -0.449 e. The van der Waals surface area contributed by atoms with Gasteiger partial charge in [0, 0.05) is 5.02 Å². The van der Waals surface area contributed by atoms with Crippen molar-refractivity contribution in [2.45, 2.75) is 6.32 Å². The van der Waals surface area contributed by atoms with Crippen LogP contribution in [-0.2, 0) is 6.32 Å². The second kappa shape index (κ2) is 3.93. The molecule has 0 heterocycles. The molecule has 0 atom stereocenters. The zero-order chi connectivity index (χ0) is 10.8. The van der Waals surface area contributed by atoms with Gasteiger partial charge in [-0.2, -0.15) is 5.26 Å². The van der Waals surface area contributed by atoms with Crippen LogP contribution in [0, 0.1) is 11.3 Å². The molecule has 0 spiro atoms. The van der Waals surface area contributed by atoms with Crippen LogP contribution in [0.3, 0.4) is 0 Å². The van der Waals surface area contributed by atoms with E-state index in [4.69, 9.17) is 16.9 Å². The quantitative estimate of drug-likeness (QED) is 0.700. The Morgan fingerprint density at radius 3 is 2.43 bits per heavy atom. The maximum Gasteiger partial charge on any atom is 0.482 e. The largest absolute Gasteiger partial charge is 0.482 e. The average Bonchev–Trinajstić information content (AvgIpc) is 2.06. The van der Waals surface area contributed by atoms with E-state index in [1.807, 2.05) is 0 Å². The molecule has 0 aliphatic carbocycles. The highest BCUT2D eigenvalue weighted by molar-refractivity contribution is 6.58. The first kappa shape index (κ1) is 10.9. The minimum absolute atomic E-state index is 0.0109. The third-order valence-electron chi connectivity index (χ3n) is 1.63. The number of halogens is 4. The molecule has 1 nitrogen and oxygen atoms in total. The molecular formula is C8H5BClF3N-. The number of nitriles is 1. The van der Waals surface area contributed by atoms with Gasteiger partial charge >= 0.3 is 6.98 Å². The van der Waals surface area contributed by atoms with Gasteiger partial charge in [0.25, 0.3) is 0 Å². The number of hydrogen-bond acceptors (Lipinski definition) is 1. The zero-order valence-corrected chi connectivity index (χ0v) is 7.73. The van der Waals surface area contributed by atoms with Crippen LogP contribution < -0.4 is 0 Å². The van der Waals surface area contributed by atoms with Gasteiger partial charge in [-0.3, -0.25) is 0 Å². The maximum atomic E-state index is 12.0. The maximum absolute atomic E-state index is 12.0. The number of nitrogens with zero attached hydrogens (tertiary/aromatic N) is 1. The van der Waals surface area contributed by atoms with E-state index in [1.54, 1.807) is 6.07 Å². The fourth-order valence-corrected chi connectivity index (χ4v) is 1.29. The van der Waals surface area contributed by atoms with Gasteiger partial charge in [0.2, 0.25) is 0 Å².